The third-order valence-corrected chi connectivity index (χ3v) is 4.92. The second-order valence-electron chi connectivity index (χ2n) is 6.53. The molecule has 2 atom stereocenters. The molecule has 1 heterocycles. The zero-order valence-electron chi connectivity index (χ0n) is 12.7. The van der Waals surface area contributed by atoms with Gasteiger partial charge in [0.2, 0.25) is 5.91 Å². The summed E-state index contributed by atoms with van der Waals surface area (Å²) in [4.78, 5) is 14.9. The predicted molar refractivity (Wildman–Crippen MR) is 85.1 cm³/mol. The Morgan fingerprint density at radius 3 is 2.62 bits per heavy atom. The van der Waals surface area contributed by atoms with E-state index in [2.05, 4.69) is 30.1 Å². The first-order valence-electron chi connectivity index (χ1n) is 7.91. The molecule has 1 aromatic rings. The van der Waals surface area contributed by atoms with Gasteiger partial charge in [-0.1, -0.05) is 50.4 Å². The maximum absolute atomic E-state index is 12.8. The van der Waals surface area contributed by atoms with Crippen molar-refractivity contribution in [3.05, 3.63) is 34.9 Å². The minimum absolute atomic E-state index is 0.0355. The number of benzene rings is 1. The Labute approximate surface area is 131 Å². The smallest absolute Gasteiger partial charge is 0.241 e. The third-order valence-electron chi connectivity index (χ3n) is 4.69. The number of nitrogens with one attached hydrogen (secondary N) is 1. The number of amides is 1. The number of rotatable bonds is 3. The SMILES string of the molecule is CC(C)C1NC(c2cccc(Cl)c2)N(C2CCCC2)C1=O. The highest BCUT2D eigenvalue weighted by molar-refractivity contribution is 6.30. The van der Waals surface area contributed by atoms with Gasteiger partial charge in [-0.3, -0.25) is 10.1 Å². The summed E-state index contributed by atoms with van der Waals surface area (Å²) >= 11 is 6.13. The second-order valence-corrected chi connectivity index (χ2v) is 6.97. The van der Waals surface area contributed by atoms with Gasteiger partial charge in [0.15, 0.2) is 0 Å². The number of carbonyl (C=O) groups excluding carboxylic acids is 1. The van der Waals surface area contributed by atoms with E-state index in [-0.39, 0.29) is 18.1 Å². The zero-order valence-corrected chi connectivity index (χ0v) is 13.4. The van der Waals surface area contributed by atoms with E-state index in [1.807, 2.05) is 18.2 Å². The Morgan fingerprint density at radius 2 is 2.00 bits per heavy atom. The standard InChI is InChI=1S/C17H23ClN2O/c1-11(2)15-17(21)20(14-8-3-4-9-14)16(19-15)12-6-5-7-13(18)10-12/h5-7,10-11,14-16,19H,3-4,8-9H2,1-2H3. The number of nitrogens with zero attached hydrogens (tertiary/aromatic N) is 1. The molecule has 3 rings (SSSR count). The summed E-state index contributed by atoms with van der Waals surface area (Å²) in [6.45, 7) is 4.20. The van der Waals surface area contributed by atoms with Gasteiger partial charge in [0, 0.05) is 11.1 Å². The molecule has 1 amide bonds. The molecule has 3 nitrogen and oxygen atoms in total. The lowest BCUT2D eigenvalue weighted by atomic mass is 10.0. The van der Waals surface area contributed by atoms with Gasteiger partial charge in [0.05, 0.1) is 6.04 Å². The molecule has 1 saturated heterocycles. The van der Waals surface area contributed by atoms with Gasteiger partial charge < -0.3 is 4.90 Å². The maximum Gasteiger partial charge on any atom is 0.241 e. The lowest BCUT2D eigenvalue weighted by Gasteiger charge is -2.30. The van der Waals surface area contributed by atoms with Crippen LogP contribution in [-0.4, -0.2) is 22.9 Å². The van der Waals surface area contributed by atoms with E-state index in [4.69, 9.17) is 11.6 Å². The van der Waals surface area contributed by atoms with E-state index >= 15 is 0 Å². The van der Waals surface area contributed by atoms with Crippen LogP contribution in [-0.2, 0) is 4.79 Å². The van der Waals surface area contributed by atoms with E-state index in [0.29, 0.717) is 12.0 Å². The molecule has 1 N–H and O–H groups in total. The van der Waals surface area contributed by atoms with Crippen molar-refractivity contribution in [1.82, 2.24) is 10.2 Å². The quantitative estimate of drug-likeness (QED) is 0.922. The van der Waals surface area contributed by atoms with Crippen LogP contribution in [0.4, 0.5) is 0 Å². The van der Waals surface area contributed by atoms with Crippen molar-refractivity contribution in [2.24, 2.45) is 5.92 Å². The monoisotopic (exact) mass is 306 g/mol. The average molecular weight is 307 g/mol. The van der Waals surface area contributed by atoms with Gasteiger partial charge in [0.1, 0.15) is 6.17 Å². The molecule has 2 unspecified atom stereocenters. The van der Waals surface area contributed by atoms with Crippen molar-refractivity contribution in [1.29, 1.82) is 0 Å². The fourth-order valence-electron chi connectivity index (χ4n) is 3.59. The molecule has 4 heteroatoms. The summed E-state index contributed by atoms with van der Waals surface area (Å²) in [7, 11) is 0. The summed E-state index contributed by atoms with van der Waals surface area (Å²) in [5.41, 5.74) is 1.09. The van der Waals surface area contributed by atoms with Gasteiger partial charge in [0.25, 0.3) is 0 Å². The number of carbonyl (C=O) groups is 1. The van der Waals surface area contributed by atoms with Crippen LogP contribution in [0.25, 0.3) is 0 Å². The molecule has 114 valence electrons. The normalized spacial score (nSPS) is 27.0. The van der Waals surface area contributed by atoms with E-state index in [1.165, 1.54) is 12.8 Å². The van der Waals surface area contributed by atoms with Crippen molar-refractivity contribution in [3.8, 4) is 0 Å². The topological polar surface area (TPSA) is 32.3 Å². The third kappa shape index (κ3) is 2.82. The van der Waals surface area contributed by atoms with Gasteiger partial charge in [-0.05, 0) is 36.5 Å². The average Bonchev–Trinajstić information content (AvgIpc) is 3.05. The van der Waals surface area contributed by atoms with Gasteiger partial charge in [-0.2, -0.15) is 0 Å². The minimum Gasteiger partial charge on any atom is -0.319 e. The lowest BCUT2D eigenvalue weighted by Crippen LogP contribution is -2.39. The lowest BCUT2D eigenvalue weighted by molar-refractivity contribution is -0.133. The van der Waals surface area contributed by atoms with Gasteiger partial charge >= 0.3 is 0 Å². The Bertz CT molecular complexity index is 525. The highest BCUT2D eigenvalue weighted by atomic mass is 35.5. The number of hydrogen-bond acceptors (Lipinski definition) is 2. The van der Waals surface area contributed by atoms with Crippen molar-refractivity contribution >= 4 is 17.5 Å². The van der Waals surface area contributed by atoms with Crippen LogP contribution in [0, 0.1) is 5.92 Å². The van der Waals surface area contributed by atoms with Crippen LogP contribution in [0.15, 0.2) is 24.3 Å². The minimum atomic E-state index is -0.0884. The molecule has 1 saturated carbocycles. The molecular weight excluding hydrogens is 284 g/mol. The number of hydrogen-bond donors (Lipinski definition) is 1. The van der Waals surface area contributed by atoms with Crippen molar-refractivity contribution < 1.29 is 4.79 Å². The molecule has 0 aromatic heterocycles. The van der Waals surface area contributed by atoms with Crippen LogP contribution >= 0.6 is 11.6 Å². The van der Waals surface area contributed by atoms with Crippen molar-refractivity contribution in [2.45, 2.75) is 57.8 Å². The summed E-state index contributed by atoms with van der Waals surface area (Å²) in [5, 5.41) is 4.25. The fourth-order valence-corrected chi connectivity index (χ4v) is 3.79. The summed E-state index contributed by atoms with van der Waals surface area (Å²) < 4.78 is 0. The highest BCUT2D eigenvalue weighted by Gasteiger charge is 2.44. The first-order chi connectivity index (χ1) is 10.1. The Kier molecular flexibility index (Phi) is 4.23. The van der Waals surface area contributed by atoms with E-state index < -0.39 is 0 Å². The molecule has 2 fully saturated rings. The van der Waals surface area contributed by atoms with Crippen molar-refractivity contribution in [2.75, 3.05) is 0 Å². The summed E-state index contributed by atoms with van der Waals surface area (Å²) in [5.74, 6) is 0.549. The van der Waals surface area contributed by atoms with Crippen LogP contribution < -0.4 is 5.32 Å². The first-order valence-corrected chi connectivity index (χ1v) is 8.29. The Hall–Kier alpha value is -1.06. The summed E-state index contributed by atoms with van der Waals surface area (Å²) in [6.07, 6.45) is 4.66. The van der Waals surface area contributed by atoms with Crippen molar-refractivity contribution in [3.63, 3.8) is 0 Å². The molecule has 2 aliphatic rings. The van der Waals surface area contributed by atoms with Gasteiger partial charge in [-0.15, -0.1) is 0 Å². The number of halogens is 1. The Morgan fingerprint density at radius 1 is 1.29 bits per heavy atom. The second kappa shape index (κ2) is 5.98. The van der Waals surface area contributed by atoms with Crippen LogP contribution in [0.2, 0.25) is 5.02 Å². The van der Waals surface area contributed by atoms with E-state index in [9.17, 15) is 4.79 Å². The van der Waals surface area contributed by atoms with Crippen LogP contribution in [0.3, 0.4) is 0 Å². The molecule has 1 aliphatic heterocycles. The molecule has 1 aromatic carbocycles. The molecule has 0 bridgehead atoms. The molecule has 21 heavy (non-hydrogen) atoms. The molecule has 0 spiro atoms. The summed E-state index contributed by atoms with van der Waals surface area (Å²) in [6, 6.07) is 8.15. The first kappa shape index (κ1) is 14.9. The maximum atomic E-state index is 12.8. The van der Waals surface area contributed by atoms with Crippen LogP contribution in [0.1, 0.15) is 51.3 Å². The van der Waals surface area contributed by atoms with E-state index in [0.717, 1.165) is 23.4 Å². The predicted octanol–water partition coefficient (Wildman–Crippen LogP) is 3.74. The molecule has 1 aliphatic carbocycles. The zero-order chi connectivity index (χ0) is 15.0. The largest absolute Gasteiger partial charge is 0.319 e. The molecular formula is C17H23ClN2O. The van der Waals surface area contributed by atoms with Crippen LogP contribution in [0.5, 0.6) is 0 Å². The van der Waals surface area contributed by atoms with E-state index in [1.54, 1.807) is 0 Å². The van der Waals surface area contributed by atoms with Gasteiger partial charge in [-0.25, -0.2) is 0 Å². The highest BCUT2D eigenvalue weighted by Crippen LogP contribution is 2.36. The molecule has 0 radical (unpaired) electrons. The fraction of sp³-hybridized carbons (Fsp3) is 0.588. The Balaban J connectivity index is 1.93.